The van der Waals surface area contributed by atoms with E-state index in [9.17, 15) is 0 Å². The van der Waals surface area contributed by atoms with Crippen LogP contribution in [0.4, 0.5) is 0 Å². The van der Waals surface area contributed by atoms with Gasteiger partial charge in [0.1, 0.15) is 0 Å². The van der Waals surface area contributed by atoms with E-state index in [-0.39, 0.29) is 0 Å². The highest BCUT2D eigenvalue weighted by Gasteiger charge is 1.99. The molecule has 0 spiro atoms. The Morgan fingerprint density at radius 2 is 1.80 bits per heavy atom. The molecular weight excluding hydrogens is 124 g/mol. The zero-order valence-electron chi connectivity index (χ0n) is 7.57. The molecule has 0 amide bonds. The minimum atomic E-state index is 0.578. The summed E-state index contributed by atoms with van der Waals surface area (Å²) in [6, 6.07) is 1.23. The number of rotatable bonds is 5. The molecule has 0 fully saturated rings. The predicted octanol–water partition coefficient (Wildman–Crippen LogP) is 0.982. The molecule has 0 aromatic heterocycles. The summed E-state index contributed by atoms with van der Waals surface area (Å²) in [4.78, 5) is 0. The van der Waals surface area contributed by atoms with Crippen molar-refractivity contribution in [1.82, 2.24) is 10.6 Å². The SMILES string of the molecule is CCC(C)NCC(C)NC. The zero-order chi connectivity index (χ0) is 7.98. The maximum Gasteiger partial charge on any atom is 0.0161 e. The molecule has 0 aromatic carbocycles. The molecule has 2 N–H and O–H groups in total. The monoisotopic (exact) mass is 144 g/mol. The van der Waals surface area contributed by atoms with Crippen molar-refractivity contribution in [3.8, 4) is 0 Å². The molecule has 10 heavy (non-hydrogen) atoms. The highest BCUT2D eigenvalue weighted by atomic mass is 15.0. The summed E-state index contributed by atoms with van der Waals surface area (Å²) in [6.45, 7) is 7.64. The van der Waals surface area contributed by atoms with Crippen molar-refractivity contribution >= 4 is 0 Å². The van der Waals surface area contributed by atoms with Crippen molar-refractivity contribution in [3.05, 3.63) is 0 Å². The summed E-state index contributed by atoms with van der Waals surface area (Å²) in [6.07, 6.45) is 1.20. The Bertz CT molecular complexity index is 63.7. The van der Waals surface area contributed by atoms with Gasteiger partial charge in [-0.2, -0.15) is 0 Å². The maximum absolute atomic E-state index is 3.42. The van der Waals surface area contributed by atoms with E-state index < -0.39 is 0 Å². The summed E-state index contributed by atoms with van der Waals surface area (Å²) in [5, 5.41) is 6.60. The molecule has 0 saturated carbocycles. The van der Waals surface area contributed by atoms with Crippen molar-refractivity contribution in [3.63, 3.8) is 0 Å². The number of hydrogen-bond acceptors (Lipinski definition) is 2. The first kappa shape index (κ1) is 9.92. The smallest absolute Gasteiger partial charge is 0.0161 e. The molecule has 2 heteroatoms. The third-order valence-electron chi connectivity index (χ3n) is 1.88. The Kier molecular flexibility index (Phi) is 5.64. The van der Waals surface area contributed by atoms with Crippen LogP contribution in [0, 0.1) is 0 Å². The van der Waals surface area contributed by atoms with Crippen molar-refractivity contribution in [2.24, 2.45) is 0 Å². The van der Waals surface area contributed by atoms with Crippen LogP contribution in [0.3, 0.4) is 0 Å². The molecule has 2 nitrogen and oxygen atoms in total. The second-order valence-corrected chi connectivity index (χ2v) is 2.91. The molecule has 0 rings (SSSR count). The highest BCUT2D eigenvalue weighted by Crippen LogP contribution is 1.87. The van der Waals surface area contributed by atoms with Gasteiger partial charge in [-0.25, -0.2) is 0 Å². The van der Waals surface area contributed by atoms with Crippen LogP contribution in [0.5, 0.6) is 0 Å². The summed E-state index contributed by atoms with van der Waals surface area (Å²) in [7, 11) is 1.99. The van der Waals surface area contributed by atoms with Crippen LogP contribution in [-0.2, 0) is 0 Å². The summed E-state index contributed by atoms with van der Waals surface area (Å²) >= 11 is 0. The van der Waals surface area contributed by atoms with E-state index in [4.69, 9.17) is 0 Å². The Hall–Kier alpha value is -0.0800. The minimum absolute atomic E-state index is 0.578. The van der Waals surface area contributed by atoms with Crippen molar-refractivity contribution in [1.29, 1.82) is 0 Å². The van der Waals surface area contributed by atoms with Gasteiger partial charge in [0.25, 0.3) is 0 Å². The molecule has 62 valence electrons. The van der Waals surface area contributed by atoms with Gasteiger partial charge >= 0.3 is 0 Å². The Labute approximate surface area is 64.4 Å². The van der Waals surface area contributed by atoms with Crippen LogP contribution >= 0.6 is 0 Å². The number of hydrogen-bond donors (Lipinski definition) is 2. The standard InChI is InChI=1S/C8H20N2/c1-5-7(2)10-6-8(3)9-4/h7-10H,5-6H2,1-4H3. The highest BCUT2D eigenvalue weighted by molar-refractivity contribution is 4.64. The van der Waals surface area contributed by atoms with Crippen LogP contribution in [-0.4, -0.2) is 25.7 Å². The third kappa shape index (κ3) is 4.77. The topological polar surface area (TPSA) is 24.1 Å². The van der Waals surface area contributed by atoms with E-state index in [0.29, 0.717) is 12.1 Å². The molecule has 0 aliphatic carbocycles. The first-order valence-electron chi connectivity index (χ1n) is 4.11. The van der Waals surface area contributed by atoms with Crippen LogP contribution in [0.25, 0.3) is 0 Å². The van der Waals surface area contributed by atoms with Crippen molar-refractivity contribution < 1.29 is 0 Å². The van der Waals surface area contributed by atoms with E-state index >= 15 is 0 Å². The first-order valence-corrected chi connectivity index (χ1v) is 4.11. The van der Waals surface area contributed by atoms with E-state index in [0.717, 1.165) is 6.54 Å². The van der Waals surface area contributed by atoms with Crippen LogP contribution in [0.2, 0.25) is 0 Å². The number of nitrogens with one attached hydrogen (secondary N) is 2. The van der Waals surface area contributed by atoms with Gasteiger partial charge in [-0.3, -0.25) is 0 Å². The fourth-order valence-electron chi connectivity index (χ4n) is 0.624. The van der Waals surface area contributed by atoms with Gasteiger partial charge in [-0.05, 0) is 27.3 Å². The lowest BCUT2D eigenvalue weighted by Crippen LogP contribution is -2.37. The second-order valence-electron chi connectivity index (χ2n) is 2.91. The second kappa shape index (κ2) is 5.69. The van der Waals surface area contributed by atoms with Crippen molar-refractivity contribution in [2.45, 2.75) is 39.3 Å². The fourth-order valence-corrected chi connectivity index (χ4v) is 0.624. The average Bonchev–Trinajstić information content (AvgIpc) is 1.99. The molecule has 2 unspecified atom stereocenters. The van der Waals surface area contributed by atoms with Gasteiger partial charge in [0.15, 0.2) is 0 Å². The molecular formula is C8H20N2. The Balaban J connectivity index is 3.17. The largest absolute Gasteiger partial charge is 0.316 e. The van der Waals surface area contributed by atoms with Gasteiger partial charge in [0, 0.05) is 18.6 Å². The molecule has 0 aliphatic rings. The van der Waals surface area contributed by atoms with Gasteiger partial charge in [-0.1, -0.05) is 6.92 Å². The molecule has 0 bridgehead atoms. The predicted molar refractivity (Wildman–Crippen MR) is 46.3 cm³/mol. The molecule has 0 aromatic rings. The van der Waals surface area contributed by atoms with Gasteiger partial charge in [-0.15, -0.1) is 0 Å². The summed E-state index contributed by atoms with van der Waals surface area (Å²) < 4.78 is 0. The molecule has 0 radical (unpaired) electrons. The van der Waals surface area contributed by atoms with Crippen LogP contribution in [0.1, 0.15) is 27.2 Å². The van der Waals surface area contributed by atoms with Gasteiger partial charge < -0.3 is 10.6 Å². The maximum atomic E-state index is 3.42. The quantitative estimate of drug-likeness (QED) is 0.601. The summed E-state index contributed by atoms with van der Waals surface area (Å²) in [5.74, 6) is 0. The molecule has 0 saturated heterocycles. The summed E-state index contributed by atoms with van der Waals surface area (Å²) in [5.41, 5.74) is 0. The first-order chi connectivity index (χ1) is 4.70. The zero-order valence-corrected chi connectivity index (χ0v) is 7.57. The lowest BCUT2D eigenvalue weighted by atomic mass is 10.2. The normalized spacial score (nSPS) is 16.8. The molecule has 2 atom stereocenters. The van der Waals surface area contributed by atoms with Gasteiger partial charge in [0.2, 0.25) is 0 Å². The molecule has 0 heterocycles. The van der Waals surface area contributed by atoms with Crippen LogP contribution < -0.4 is 10.6 Å². The molecule has 0 aliphatic heterocycles. The van der Waals surface area contributed by atoms with E-state index in [1.807, 2.05) is 7.05 Å². The van der Waals surface area contributed by atoms with Crippen LogP contribution in [0.15, 0.2) is 0 Å². The Morgan fingerprint density at radius 1 is 1.20 bits per heavy atom. The fraction of sp³-hybridized carbons (Fsp3) is 1.00. The minimum Gasteiger partial charge on any atom is -0.316 e. The average molecular weight is 144 g/mol. The van der Waals surface area contributed by atoms with Crippen molar-refractivity contribution in [2.75, 3.05) is 13.6 Å². The Morgan fingerprint density at radius 3 is 2.20 bits per heavy atom. The third-order valence-corrected chi connectivity index (χ3v) is 1.88. The van der Waals surface area contributed by atoms with E-state index in [2.05, 4.69) is 31.4 Å². The van der Waals surface area contributed by atoms with E-state index in [1.54, 1.807) is 0 Å². The van der Waals surface area contributed by atoms with Gasteiger partial charge in [0.05, 0.1) is 0 Å². The van der Waals surface area contributed by atoms with E-state index in [1.165, 1.54) is 6.42 Å². The lowest BCUT2D eigenvalue weighted by Gasteiger charge is -2.15. The lowest BCUT2D eigenvalue weighted by molar-refractivity contribution is 0.475. The number of likely N-dealkylation sites (N-methyl/N-ethyl adjacent to an activating group) is 1.